The van der Waals surface area contributed by atoms with E-state index in [1.807, 2.05) is 38.1 Å². The van der Waals surface area contributed by atoms with E-state index >= 15 is 0 Å². The molecule has 1 heterocycles. The standard InChI is InChI=1S/C16H22N2O2/c1-4-19-16-6-5-15(17)9-14(16)11-18(3)10-13-7-8-20-12(13)2/h5-9H,4,10-11,17H2,1-3H3. The van der Waals surface area contributed by atoms with Crippen LogP contribution in [0.1, 0.15) is 23.8 Å². The second kappa shape index (κ2) is 6.48. The number of hydrogen-bond donors (Lipinski definition) is 1. The Bertz CT molecular complexity index is 563. The van der Waals surface area contributed by atoms with Crippen molar-refractivity contribution in [1.82, 2.24) is 4.90 Å². The first-order valence-electron chi connectivity index (χ1n) is 6.83. The Morgan fingerprint density at radius 2 is 1.95 bits per heavy atom. The van der Waals surface area contributed by atoms with Crippen molar-refractivity contribution in [2.45, 2.75) is 26.9 Å². The summed E-state index contributed by atoms with van der Waals surface area (Å²) in [5.74, 6) is 1.87. The Labute approximate surface area is 120 Å². The van der Waals surface area contributed by atoms with E-state index in [-0.39, 0.29) is 0 Å². The molecule has 0 aliphatic heterocycles. The highest BCUT2D eigenvalue weighted by Crippen LogP contribution is 2.23. The second-order valence-corrected chi connectivity index (χ2v) is 4.97. The van der Waals surface area contributed by atoms with Crippen molar-refractivity contribution in [3.63, 3.8) is 0 Å². The van der Waals surface area contributed by atoms with Gasteiger partial charge in [-0.1, -0.05) is 0 Å². The molecule has 4 heteroatoms. The molecule has 0 aliphatic rings. The minimum absolute atomic E-state index is 0.654. The normalized spacial score (nSPS) is 11.0. The SMILES string of the molecule is CCOc1ccc(N)cc1CN(C)Cc1ccoc1C. The van der Waals surface area contributed by atoms with E-state index in [1.54, 1.807) is 6.26 Å². The average molecular weight is 274 g/mol. The molecule has 2 aromatic rings. The Morgan fingerprint density at radius 3 is 2.60 bits per heavy atom. The summed E-state index contributed by atoms with van der Waals surface area (Å²) in [6.07, 6.45) is 1.73. The Kier molecular flexibility index (Phi) is 4.69. The van der Waals surface area contributed by atoms with Gasteiger partial charge in [-0.25, -0.2) is 0 Å². The van der Waals surface area contributed by atoms with Crippen LogP contribution in [0.4, 0.5) is 5.69 Å². The number of furan rings is 1. The molecule has 0 atom stereocenters. The lowest BCUT2D eigenvalue weighted by Crippen LogP contribution is -2.18. The number of ether oxygens (including phenoxy) is 1. The van der Waals surface area contributed by atoms with Crippen molar-refractivity contribution in [3.8, 4) is 5.75 Å². The monoisotopic (exact) mass is 274 g/mol. The fourth-order valence-corrected chi connectivity index (χ4v) is 2.23. The molecule has 108 valence electrons. The van der Waals surface area contributed by atoms with E-state index in [9.17, 15) is 0 Å². The van der Waals surface area contributed by atoms with Crippen LogP contribution in [0.15, 0.2) is 34.9 Å². The van der Waals surface area contributed by atoms with Gasteiger partial charge in [-0.2, -0.15) is 0 Å². The van der Waals surface area contributed by atoms with Crippen LogP contribution in [-0.2, 0) is 13.1 Å². The number of nitrogen functional groups attached to an aromatic ring is 1. The first-order chi connectivity index (χ1) is 9.60. The van der Waals surface area contributed by atoms with Gasteiger partial charge in [-0.05, 0) is 45.2 Å². The van der Waals surface area contributed by atoms with Gasteiger partial charge in [0.2, 0.25) is 0 Å². The van der Waals surface area contributed by atoms with Gasteiger partial charge in [0.05, 0.1) is 12.9 Å². The number of hydrogen-bond acceptors (Lipinski definition) is 4. The van der Waals surface area contributed by atoms with Crippen LogP contribution < -0.4 is 10.5 Å². The molecule has 0 radical (unpaired) electrons. The third kappa shape index (κ3) is 3.54. The van der Waals surface area contributed by atoms with Crippen molar-refractivity contribution in [2.24, 2.45) is 0 Å². The number of rotatable bonds is 6. The lowest BCUT2D eigenvalue weighted by atomic mass is 10.1. The number of aryl methyl sites for hydroxylation is 1. The van der Waals surface area contributed by atoms with Gasteiger partial charge in [-0.3, -0.25) is 4.90 Å². The molecular weight excluding hydrogens is 252 g/mol. The third-order valence-corrected chi connectivity index (χ3v) is 3.23. The molecule has 0 fully saturated rings. The van der Waals surface area contributed by atoms with Gasteiger partial charge in [0.25, 0.3) is 0 Å². The zero-order chi connectivity index (χ0) is 14.5. The zero-order valence-electron chi connectivity index (χ0n) is 12.3. The molecule has 0 aliphatic carbocycles. The van der Waals surface area contributed by atoms with Crippen molar-refractivity contribution in [2.75, 3.05) is 19.4 Å². The molecule has 0 saturated heterocycles. The molecule has 0 bridgehead atoms. The summed E-state index contributed by atoms with van der Waals surface area (Å²) >= 11 is 0. The maximum absolute atomic E-state index is 5.87. The fourth-order valence-electron chi connectivity index (χ4n) is 2.23. The third-order valence-electron chi connectivity index (χ3n) is 3.23. The first-order valence-corrected chi connectivity index (χ1v) is 6.83. The highest BCUT2D eigenvalue weighted by atomic mass is 16.5. The van der Waals surface area contributed by atoms with E-state index in [2.05, 4.69) is 11.9 Å². The molecule has 20 heavy (non-hydrogen) atoms. The van der Waals surface area contributed by atoms with Crippen LogP contribution in [0.2, 0.25) is 0 Å². The van der Waals surface area contributed by atoms with E-state index in [4.69, 9.17) is 14.9 Å². The van der Waals surface area contributed by atoms with E-state index in [0.717, 1.165) is 35.9 Å². The van der Waals surface area contributed by atoms with Crippen LogP contribution in [0.25, 0.3) is 0 Å². The summed E-state index contributed by atoms with van der Waals surface area (Å²) in [6.45, 7) is 6.24. The molecular formula is C16H22N2O2. The predicted molar refractivity (Wildman–Crippen MR) is 80.6 cm³/mol. The molecule has 2 N–H and O–H groups in total. The molecule has 1 aromatic carbocycles. The first kappa shape index (κ1) is 14.5. The Balaban J connectivity index is 2.08. The maximum Gasteiger partial charge on any atom is 0.123 e. The molecule has 0 spiro atoms. The van der Waals surface area contributed by atoms with Crippen molar-refractivity contribution in [3.05, 3.63) is 47.4 Å². The average Bonchev–Trinajstić information content (AvgIpc) is 2.78. The highest BCUT2D eigenvalue weighted by Gasteiger charge is 2.10. The quantitative estimate of drug-likeness (QED) is 0.822. The lowest BCUT2D eigenvalue weighted by Gasteiger charge is -2.19. The predicted octanol–water partition coefficient (Wildman–Crippen LogP) is 3.20. The summed E-state index contributed by atoms with van der Waals surface area (Å²) in [7, 11) is 2.07. The van der Waals surface area contributed by atoms with Crippen molar-refractivity contribution in [1.29, 1.82) is 0 Å². The number of benzene rings is 1. The number of nitrogens with zero attached hydrogens (tertiary/aromatic N) is 1. The molecule has 2 rings (SSSR count). The van der Waals surface area contributed by atoms with Crippen LogP contribution >= 0.6 is 0 Å². The lowest BCUT2D eigenvalue weighted by molar-refractivity contribution is 0.296. The smallest absolute Gasteiger partial charge is 0.123 e. The minimum Gasteiger partial charge on any atom is -0.494 e. The van der Waals surface area contributed by atoms with Gasteiger partial charge in [0.1, 0.15) is 11.5 Å². The Hall–Kier alpha value is -1.94. The number of nitrogens with two attached hydrogens (primary N) is 1. The summed E-state index contributed by atoms with van der Waals surface area (Å²) in [4.78, 5) is 2.22. The van der Waals surface area contributed by atoms with Gasteiger partial charge in [0.15, 0.2) is 0 Å². The largest absolute Gasteiger partial charge is 0.494 e. The van der Waals surface area contributed by atoms with Gasteiger partial charge in [0, 0.05) is 29.9 Å². The maximum atomic E-state index is 5.87. The van der Waals surface area contributed by atoms with Gasteiger partial charge >= 0.3 is 0 Å². The van der Waals surface area contributed by atoms with E-state index in [0.29, 0.717) is 6.61 Å². The summed E-state index contributed by atoms with van der Waals surface area (Å²) in [6, 6.07) is 7.79. The van der Waals surface area contributed by atoms with Crippen molar-refractivity contribution >= 4 is 5.69 Å². The second-order valence-electron chi connectivity index (χ2n) is 4.97. The van der Waals surface area contributed by atoms with Gasteiger partial charge in [-0.15, -0.1) is 0 Å². The van der Waals surface area contributed by atoms with Gasteiger partial charge < -0.3 is 14.9 Å². The molecule has 0 amide bonds. The zero-order valence-corrected chi connectivity index (χ0v) is 12.3. The fraction of sp³-hybridized carbons (Fsp3) is 0.375. The molecule has 0 saturated carbocycles. The van der Waals surface area contributed by atoms with Crippen LogP contribution in [-0.4, -0.2) is 18.6 Å². The number of anilines is 1. The highest BCUT2D eigenvalue weighted by molar-refractivity contribution is 5.47. The van der Waals surface area contributed by atoms with Crippen LogP contribution in [0.5, 0.6) is 5.75 Å². The van der Waals surface area contributed by atoms with Crippen LogP contribution in [0, 0.1) is 6.92 Å². The topological polar surface area (TPSA) is 51.6 Å². The summed E-state index contributed by atoms with van der Waals surface area (Å²) < 4.78 is 11.0. The molecule has 0 unspecified atom stereocenters. The van der Waals surface area contributed by atoms with E-state index < -0.39 is 0 Å². The molecule has 4 nitrogen and oxygen atoms in total. The Morgan fingerprint density at radius 1 is 1.20 bits per heavy atom. The summed E-state index contributed by atoms with van der Waals surface area (Å²) in [5.41, 5.74) is 8.94. The minimum atomic E-state index is 0.654. The van der Waals surface area contributed by atoms with E-state index in [1.165, 1.54) is 5.56 Å². The van der Waals surface area contributed by atoms with Crippen molar-refractivity contribution < 1.29 is 9.15 Å². The summed E-state index contributed by atoms with van der Waals surface area (Å²) in [5, 5.41) is 0. The molecule has 1 aromatic heterocycles. The van der Waals surface area contributed by atoms with Crippen LogP contribution in [0.3, 0.4) is 0 Å².